The number of fused-ring (bicyclic) bond motifs is 1. The number of aryl methyl sites for hydroxylation is 2. The summed E-state index contributed by atoms with van der Waals surface area (Å²) in [4.78, 5) is 15.4. The van der Waals surface area contributed by atoms with Gasteiger partial charge < -0.3 is 15.4 Å². The molecule has 2 N–H and O–H groups in total. The molecule has 0 aromatic heterocycles. The molecular weight excluding hydrogens is 436 g/mol. The van der Waals surface area contributed by atoms with E-state index in [4.69, 9.17) is 10.5 Å². The van der Waals surface area contributed by atoms with Crippen LogP contribution in [0.15, 0.2) is 59.5 Å². The number of nitrogens with zero attached hydrogens (tertiary/aromatic N) is 1. The summed E-state index contributed by atoms with van der Waals surface area (Å²) in [6, 6.07) is 16.7. The summed E-state index contributed by atoms with van der Waals surface area (Å²) in [5.41, 5.74) is 12.0. The Morgan fingerprint density at radius 3 is 2.48 bits per heavy atom. The van der Waals surface area contributed by atoms with E-state index in [1.54, 1.807) is 17.0 Å². The number of anilines is 1. The first kappa shape index (κ1) is 22.9. The third-order valence-electron chi connectivity index (χ3n) is 6.06. The van der Waals surface area contributed by atoms with E-state index in [2.05, 4.69) is 0 Å². The molecule has 0 radical (unpaired) electrons. The van der Waals surface area contributed by atoms with Gasteiger partial charge in [-0.3, -0.25) is 4.79 Å². The van der Waals surface area contributed by atoms with Gasteiger partial charge in [0.25, 0.3) is 5.91 Å². The Labute approximate surface area is 194 Å². The zero-order valence-electron chi connectivity index (χ0n) is 19.1. The van der Waals surface area contributed by atoms with E-state index in [1.165, 1.54) is 12.3 Å². The molecule has 33 heavy (non-hydrogen) atoms. The molecule has 0 saturated heterocycles. The van der Waals surface area contributed by atoms with Crippen molar-refractivity contribution in [1.82, 2.24) is 4.90 Å². The lowest BCUT2D eigenvalue weighted by atomic mass is 10.00. The molecule has 6 nitrogen and oxygen atoms in total. The Bertz CT molecular complexity index is 1330. The maximum absolute atomic E-state index is 13.4. The van der Waals surface area contributed by atoms with Gasteiger partial charge in [0.15, 0.2) is 9.84 Å². The molecule has 0 atom stereocenters. The van der Waals surface area contributed by atoms with Gasteiger partial charge in [-0.05, 0) is 72.0 Å². The fraction of sp³-hybridized carbons (Fsp3) is 0.269. The van der Waals surface area contributed by atoms with Gasteiger partial charge in [-0.25, -0.2) is 8.42 Å². The monoisotopic (exact) mass is 464 g/mol. The highest BCUT2D eigenvalue weighted by Gasteiger charge is 2.24. The molecule has 0 fully saturated rings. The summed E-state index contributed by atoms with van der Waals surface area (Å²) in [6.07, 6.45) is 1.73. The van der Waals surface area contributed by atoms with Crippen LogP contribution in [0.25, 0.3) is 11.1 Å². The lowest BCUT2D eigenvalue weighted by molar-refractivity contribution is 0.0732. The van der Waals surface area contributed by atoms with Gasteiger partial charge in [0, 0.05) is 29.6 Å². The third kappa shape index (κ3) is 4.73. The Hall–Kier alpha value is -3.32. The van der Waals surface area contributed by atoms with Crippen LogP contribution in [0, 0.1) is 6.92 Å². The van der Waals surface area contributed by atoms with Gasteiger partial charge in [-0.2, -0.15) is 0 Å². The van der Waals surface area contributed by atoms with Crippen molar-refractivity contribution in [3.05, 3.63) is 76.9 Å². The first-order valence-corrected chi connectivity index (χ1v) is 12.8. The molecule has 4 rings (SSSR count). The predicted octanol–water partition coefficient (Wildman–Crippen LogP) is 4.24. The smallest absolute Gasteiger partial charge is 0.254 e. The fourth-order valence-corrected chi connectivity index (χ4v) is 4.71. The van der Waals surface area contributed by atoms with Crippen LogP contribution in [0.4, 0.5) is 5.69 Å². The number of benzene rings is 3. The molecule has 1 heterocycles. The second-order valence-corrected chi connectivity index (χ2v) is 10.4. The van der Waals surface area contributed by atoms with Crippen LogP contribution in [0.5, 0.6) is 5.75 Å². The summed E-state index contributed by atoms with van der Waals surface area (Å²) in [5, 5.41) is 0. The van der Waals surface area contributed by atoms with E-state index in [9.17, 15) is 13.2 Å². The maximum atomic E-state index is 13.4. The molecular formula is C26H28N2O4S. The standard InChI is InChI=1S/C26H28N2O4S/c1-4-18-14-22(33(3,30)31)8-9-23(18)26(29)28-11-12-32-25-10-7-19(13-21(25)16-28)20-6-5-17(2)24(27)15-20/h5-10,13-15H,4,11-12,16,27H2,1-3H3. The number of ether oxygens (including phenoxy) is 1. The Morgan fingerprint density at radius 2 is 1.79 bits per heavy atom. The molecule has 3 aromatic carbocycles. The number of hydrogen-bond donors (Lipinski definition) is 1. The second-order valence-electron chi connectivity index (χ2n) is 8.41. The molecule has 172 valence electrons. The molecule has 0 unspecified atom stereocenters. The average molecular weight is 465 g/mol. The van der Waals surface area contributed by atoms with Gasteiger partial charge in [0.1, 0.15) is 12.4 Å². The molecule has 0 saturated carbocycles. The number of hydrogen-bond acceptors (Lipinski definition) is 5. The largest absolute Gasteiger partial charge is 0.491 e. The Kier molecular flexibility index (Phi) is 6.17. The number of rotatable bonds is 4. The van der Waals surface area contributed by atoms with Crippen molar-refractivity contribution < 1.29 is 17.9 Å². The highest BCUT2D eigenvalue weighted by atomic mass is 32.2. The van der Waals surface area contributed by atoms with E-state index < -0.39 is 9.84 Å². The van der Waals surface area contributed by atoms with Crippen LogP contribution in [0.1, 0.15) is 34.0 Å². The molecule has 0 bridgehead atoms. The quantitative estimate of drug-likeness (QED) is 0.583. The van der Waals surface area contributed by atoms with Gasteiger partial charge in [-0.1, -0.05) is 25.1 Å². The molecule has 7 heteroatoms. The summed E-state index contributed by atoms with van der Waals surface area (Å²) in [6.45, 7) is 5.12. The Morgan fingerprint density at radius 1 is 1.06 bits per heavy atom. The molecule has 1 aliphatic rings. The minimum absolute atomic E-state index is 0.131. The molecule has 0 aliphatic carbocycles. The SMILES string of the molecule is CCc1cc(S(C)(=O)=O)ccc1C(=O)N1CCOc2ccc(-c3ccc(C)c(N)c3)cc2C1. The third-order valence-corrected chi connectivity index (χ3v) is 7.17. The van der Waals surface area contributed by atoms with Crippen molar-refractivity contribution >= 4 is 21.4 Å². The van der Waals surface area contributed by atoms with Crippen molar-refractivity contribution in [1.29, 1.82) is 0 Å². The highest BCUT2D eigenvalue weighted by molar-refractivity contribution is 7.90. The Balaban J connectivity index is 1.66. The number of nitrogen functional groups attached to an aromatic ring is 1. The van der Waals surface area contributed by atoms with Gasteiger partial charge in [-0.15, -0.1) is 0 Å². The average Bonchev–Trinajstić information content (AvgIpc) is 3.01. The topological polar surface area (TPSA) is 89.7 Å². The van der Waals surface area contributed by atoms with Crippen LogP contribution in [0.3, 0.4) is 0 Å². The number of nitrogens with two attached hydrogens (primary N) is 1. The van der Waals surface area contributed by atoms with Crippen molar-refractivity contribution in [2.24, 2.45) is 0 Å². The minimum atomic E-state index is -3.34. The van der Waals surface area contributed by atoms with E-state index in [-0.39, 0.29) is 10.8 Å². The lowest BCUT2D eigenvalue weighted by Crippen LogP contribution is -2.33. The van der Waals surface area contributed by atoms with E-state index in [0.29, 0.717) is 31.7 Å². The predicted molar refractivity (Wildman–Crippen MR) is 130 cm³/mol. The van der Waals surface area contributed by atoms with Crippen LogP contribution >= 0.6 is 0 Å². The summed E-state index contributed by atoms with van der Waals surface area (Å²) >= 11 is 0. The van der Waals surface area contributed by atoms with Crippen molar-refractivity contribution in [2.75, 3.05) is 25.1 Å². The minimum Gasteiger partial charge on any atom is -0.491 e. The summed E-state index contributed by atoms with van der Waals surface area (Å²) in [5.74, 6) is 0.630. The van der Waals surface area contributed by atoms with Gasteiger partial charge >= 0.3 is 0 Å². The fourth-order valence-electron chi connectivity index (χ4n) is 4.04. The van der Waals surface area contributed by atoms with Gasteiger partial charge in [0.2, 0.25) is 0 Å². The first-order chi connectivity index (χ1) is 15.7. The number of amides is 1. The highest BCUT2D eigenvalue weighted by Crippen LogP contribution is 2.31. The normalized spacial score (nSPS) is 13.7. The van der Waals surface area contributed by atoms with Crippen LogP contribution < -0.4 is 10.5 Å². The van der Waals surface area contributed by atoms with Crippen molar-refractivity contribution in [2.45, 2.75) is 31.7 Å². The summed E-state index contributed by atoms with van der Waals surface area (Å²) < 4.78 is 29.8. The zero-order valence-corrected chi connectivity index (χ0v) is 19.9. The lowest BCUT2D eigenvalue weighted by Gasteiger charge is -2.22. The van der Waals surface area contributed by atoms with Crippen LogP contribution in [-0.2, 0) is 22.8 Å². The maximum Gasteiger partial charge on any atom is 0.254 e. The number of sulfone groups is 1. The zero-order chi connectivity index (χ0) is 23.8. The van der Waals surface area contributed by atoms with E-state index in [0.717, 1.165) is 39.3 Å². The number of carbonyl (C=O) groups is 1. The van der Waals surface area contributed by atoms with E-state index >= 15 is 0 Å². The molecule has 3 aromatic rings. The van der Waals surface area contributed by atoms with Gasteiger partial charge in [0.05, 0.1) is 11.4 Å². The second kappa shape index (κ2) is 8.90. The number of carbonyl (C=O) groups excluding carboxylic acids is 1. The molecule has 0 spiro atoms. The van der Waals surface area contributed by atoms with Crippen LogP contribution in [-0.4, -0.2) is 38.6 Å². The molecule has 1 aliphatic heterocycles. The van der Waals surface area contributed by atoms with Crippen molar-refractivity contribution in [3.8, 4) is 16.9 Å². The van der Waals surface area contributed by atoms with E-state index in [1.807, 2.05) is 50.2 Å². The molecule has 1 amide bonds. The first-order valence-electron chi connectivity index (χ1n) is 10.9. The summed E-state index contributed by atoms with van der Waals surface area (Å²) in [7, 11) is -3.34. The van der Waals surface area contributed by atoms with Crippen LogP contribution in [0.2, 0.25) is 0 Å². The van der Waals surface area contributed by atoms with Crippen molar-refractivity contribution in [3.63, 3.8) is 0 Å².